The normalized spacial score (nSPS) is 17.5. The Morgan fingerprint density at radius 2 is 1.92 bits per heavy atom. The first-order chi connectivity index (χ1) is 5.43. The van der Waals surface area contributed by atoms with Gasteiger partial charge in [-0.2, -0.15) is 0 Å². The third-order valence-electron chi connectivity index (χ3n) is 2.70. The lowest BCUT2D eigenvalue weighted by Crippen LogP contribution is -2.41. The van der Waals surface area contributed by atoms with Gasteiger partial charge in [0, 0.05) is 5.54 Å². The topological polar surface area (TPSA) is 32.3 Å². The first kappa shape index (κ1) is 11.9. The summed E-state index contributed by atoms with van der Waals surface area (Å²) in [4.78, 5) is 0. The molecule has 2 nitrogen and oxygen atoms in total. The third kappa shape index (κ3) is 4.07. The fraction of sp³-hybridized carbons (Fsp3) is 1.00. The van der Waals surface area contributed by atoms with Crippen molar-refractivity contribution in [3.8, 4) is 0 Å². The van der Waals surface area contributed by atoms with Gasteiger partial charge in [0.25, 0.3) is 0 Å². The van der Waals surface area contributed by atoms with Gasteiger partial charge < -0.3 is 10.4 Å². The lowest BCUT2D eigenvalue weighted by molar-refractivity contribution is 0.0802. The predicted octanol–water partition coefficient (Wildman–Crippen LogP) is 1.78. The summed E-state index contributed by atoms with van der Waals surface area (Å²) in [5.74, 6) is 0.401. The zero-order valence-electron chi connectivity index (χ0n) is 9.02. The van der Waals surface area contributed by atoms with Crippen LogP contribution in [0.2, 0.25) is 0 Å². The van der Waals surface area contributed by atoms with Crippen LogP contribution in [-0.4, -0.2) is 23.8 Å². The second-order valence-electron chi connectivity index (χ2n) is 4.29. The van der Waals surface area contributed by atoms with E-state index in [1.54, 1.807) is 0 Å². The minimum Gasteiger partial charge on any atom is -0.393 e. The largest absolute Gasteiger partial charge is 0.393 e. The van der Waals surface area contributed by atoms with Crippen LogP contribution in [0.1, 0.15) is 40.5 Å². The molecule has 0 amide bonds. The molecule has 0 saturated heterocycles. The van der Waals surface area contributed by atoms with Crippen LogP contribution >= 0.6 is 0 Å². The summed E-state index contributed by atoms with van der Waals surface area (Å²) in [6, 6.07) is 0. The van der Waals surface area contributed by atoms with E-state index in [0.29, 0.717) is 5.92 Å². The fourth-order valence-electron chi connectivity index (χ4n) is 1.10. The summed E-state index contributed by atoms with van der Waals surface area (Å²) >= 11 is 0. The Labute approximate surface area is 76.4 Å². The van der Waals surface area contributed by atoms with Gasteiger partial charge in [-0.25, -0.2) is 0 Å². The number of nitrogens with one attached hydrogen (secondary N) is 1. The van der Waals surface area contributed by atoms with Crippen LogP contribution in [0.25, 0.3) is 0 Å². The Kier molecular flexibility index (Phi) is 4.80. The van der Waals surface area contributed by atoms with Crippen molar-refractivity contribution in [3.63, 3.8) is 0 Å². The summed E-state index contributed by atoms with van der Waals surface area (Å²) in [6.07, 6.45) is 1.68. The molecule has 0 aliphatic rings. The molecule has 0 aliphatic carbocycles. The Balaban J connectivity index is 3.90. The SMILES string of the molecule is CC[C@@H](C)C(O)CC(C)(C)NC. The standard InChI is InChI=1S/C10H23NO/c1-6-8(2)9(12)7-10(3,4)11-5/h8-9,11-12H,6-7H2,1-5H3/t8-,9?/m1/s1. The second-order valence-corrected chi connectivity index (χ2v) is 4.29. The van der Waals surface area contributed by atoms with Crippen molar-refractivity contribution in [1.29, 1.82) is 0 Å². The molecular weight excluding hydrogens is 150 g/mol. The van der Waals surface area contributed by atoms with Crippen molar-refractivity contribution in [3.05, 3.63) is 0 Å². The molecule has 2 atom stereocenters. The van der Waals surface area contributed by atoms with Crippen LogP contribution in [0.15, 0.2) is 0 Å². The van der Waals surface area contributed by atoms with Gasteiger partial charge in [-0.1, -0.05) is 20.3 Å². The number of aliphatic hydroxyl groups is 1. The van der Waals surface area contributed by atoms with Gasteiger partial charge in [0.05, 0.1) is 6.10 Å². The van der Waals surface area contributed by atoms with E-state index < -0.39 is 0 Å². The summed E-state index contributed by atoms with van der Waals surface area (Å²) in [5, 5.41) is 12.9. The van der Waals surface area contributed by atoms with Gasteiger partial charge in [-0.3, -0.25) is 0 Å². The van der Waals surface area contributed by atoms with Gasteiger partial charge in [0.2, 0.25) is 0 Å². The van der Waals surface area contributed by atoms with E-state index in [0.717, 1.165) is 12.8 Å². The molecule has 0 bridgehead atoms. The Morgan fingerprint density at radius 1 is 1.42 bits per heavy atom. The van der Waals surface area contributed by atoms with E-state index in [-0.39, 0.29) is 11.6 Å². The van der Waals surface area contributed by atoms with E-state index >= 15 is 0 Å². The van der Waals surface area contributed by atoms with Crippen LogP contribution in [0, 0.1) is 5.92 Å². The van der Waals surface area contributed by atoms with E-state index in [4.69, 9.17) is 0 Å². The molecule has 0 spiro atoms. The van der Waals surface area contributed by atoms with Gasteiger partial charge in [0.1, 0.15) is 0 Å². The highest BCUT2D eigenvalue weighted by molar-refractivity contribution is 4.80. The minimum atomic E-state index is -0.183. The molecule has 2 heteroatoms. The zero-order valence-corrected chi connectivity index (χ0v) is 9.02. The number of hydrogen-bond donors (Lipinski definition) is 2. The van der Waals surface area contributed by atoms with Crippen LogP contribution in [-0.2, 0) is 0 Å². The Morgan fingerprint density at radius 3 is 2.25 bits per heavy atom. The van der Waals surface area contributed by atoms with E-state index in [2.05, 4.69) is 33.0 Å². The van der Waals surface area contributed by atoms with Gasteiger partial charge in [0.15, 0.2) is 0 Å². The Hall–Kier alpha value is -0.0800. The highest BCUT2D eigenvalue weighted by atomic mass is 16.3. The third-order valence-corrected chi connectivity index (χ3v) is 2.70. The Bertz CT molecular complexity index is 123. The van der Waals surface area contributed by atoms with Gasteiger partial charge >= 0.3 is 0 Å². The fourth-order valence-corrected chi connectivity index (χ4v) is 1.10. The van der Waals surface area contributed by atoms with E-state index in [1.165, 1.54) is 0 Å². The number of aliphatic hydroxyl groups excluding tert-OH is 1. The predicted molar refractivity (Wildman–Crippen MR) is 53.2 cm³/mol. The molecule has 0 aliphatic heterocycles. The van der Waals surface area contributed by atoms with Crippen molar-refractivity contribution in [1.82, 2.24) is 5.32 Å². The maximum absolute atomic E-state index is 9.74. The first-order valence-corrected chi connectivity index (χ1v) is 4.80. The van der Waals surface area contributed by atoms with Gasteiger partial charge in [-0.15, -0.1) is 0 Å². The molecule has 0 aromatic heterocycles. The lowest BCUT2D eigenvalue weighted by atomic mass is 9.89. The number of rotatable bonds is 5. The van der Waals surface area contributed by atoms with Crippen molar-refractivity contribution in [2.45, 2.75) is 52.2 Å². The highest BCUT2D eigenvalue weighted by Gasteiger charge is 2.22. The first-order valence-electron chi connectivity index (χ1n) is 4.80. The monoisotopic (exact) mass is 173 g/mol. The van der Waals surface area contributed by atoms with Gasteiger partial charge in [-0.05, 0) is 33.2 Å². The molecule has 0 aromatic carbocycles. The van der Waals surface area contributed by atoms with Crippen LogP contribution in [0.3, 0.4) is 0 Å². The van der Waals surface area contributed by atoms with Crippen LogP contribution in [0.5, 0.6) is 0 Å². The van der Waals surface area contributed by atoms with Crippen molar-refractivity contribution in [2.24, 2.45) is 5.92 Å². The molecular formula is C10H23NO. The average Bonchev–Trinajstić information content (AvgIpc) is 2.02. The molecule has 74 valence electrons. The molecule has 1 unspecified atom stereocenters. The molecule has 0 fully saturated rings. The second kappa shape index (κ2) is 4.83. The zero-order chi connectivity index (χ0) is 9.78. The quantitative estimate of drug-likeness (QED) is 0.664. The molecule has 0 rings (SSSR count). The molecule has 12 heavy (non-hydrogen) atoms. The van der Waals surface area contributed by atoms with E-state index in [9.17, 15) is 5.11 Å². The number of hydrogen-bond acceptors (Lipinski definition) is 2. The smallest absolute Gasteiger partial charge is 0.0583 e. The molecule has 0 radical (unpaired) electrons. The summed E-state index contributed by atoms with van der Waals surface area (Å²) in [7, 11) is 1.93. The van der Waals surface area contributed by atoms with Crippen molar-refractivity contribution >= 4 is 0 Å². The maximum Gasteiger partial charge on any atom is 0.0583 e. The maximum atomic E-state index is 9.74. The van der Waals surface area contributed by atoms with Crippen LogP contribution in [0.4, 0.5) is 0 Å². The summed E-state index contributed by atoms with van der Waals surface area (Å²) < 4.78 is 0. The molecule has 0 saturated carbocycles. The highest BCUT2D eigenvalue weighted by Crippen LogP contribution is 2.18. The minimum absolute atomic E-state index is 0.0445. The summed E-state index contributed by atoms with van der Waals surface area (Å²) in [5.41, 5.74) is 0.0445. The summed E-state index contributed by atoms with van der Waals surface area (Å²) in [6.45, 7) is 8.42. The van der Waals surface area contributed by atoms with Crippen molar-refractivity contribution < 1.29 is 5.11 Å². The van der Waals surface area contributed by atoms with E-state index in [1.807, 2.05) is 7.05 Å². The molecule has 0 aromatic rings. The van der Waals surface area contributed by atoms with Crippen molar-refractivity contribution in [2.75, 3.05) is 7.05 Å². The van der Waals surface area contributed by atoms with Crippen LogP contribution < -0.4 is 5.32 Å². The average molecular weight is 173 g/mol. The molecule has 2 N–H and O–H groups in total. The molecule has 0 heterocycles. The lowest BCUT2D eigenvalue weighted by Gasteiger charge is -2.29.